The van der Waals surface area contributed by atoms with Crippen molar-refractivity contribution in [3.8, 4) is 16.9 Å². The molecule has 1 nitrogen and oxygen atoms in total. The van der Waals surface area contributed by atoms with E-state index in [2.05, 4.69) is 43.0 Å². The van der Waals surface area contributed by atoms with Crippen LogP contribution in [0.4, 0.5) is 0 Å². The van der Waals surface area contributed by atoms with Crippen molar-refractivity contribution in [2.45, 2.75) is 13.3 Å². The Labute approximate surface area is 109 Å². The minimum absolute atomic E-state index is 0.701. The van der Waals surface area contributed by atoms with Gasteiger partial charge in [0.15, 0.2) is 0 Å². The minimum Gasteiger partial charge on any atom is -0.494 e. The van der Waals surface area contributed by atoms with E-state index in [-0.39, 0.29) is 0 Å². The van der Waals surface area contributed by atoms with Crippen molar-refractivity contribution >= 4 is 0 Å². The number of hydrogen-bond acceptors (Lipinski definition) is 1. The normalized spacial score (nSPS) is 10.1. The summed E-state index contributed by atoms with van der Waals surface area (Å²) in [7, 11) is 0. The fraction of sp³-hybridized carbons (Fsp3) is 0.176. The van der Waals surface area contributed by atoms with Gasteiger partial charge in [-0.05, 0) is 42.2 Å². The molecule has 0 aliphatic heterocycles. The lowest BCUT2D eigenvalue weighted by atomic mass is 9.98. The average molecular weight is 238 g/mol. The molecule has 0 spiro atoms. The fourth-order valence-electron chi connectivity index (χ4n) is 2.03. The number of allylic oxidation sites excluding steroid dienone is 1. The first-order chi connectivity index (χ1) is 8.85. The largest absolute Gasteiger partial charge is 0.494 e. The molecule has 0 aliphatic rings. The predicted octanol–water partition coefficient (Wildman–Crippen LogP) is 4.48. The van der Waals surface area contributed by atoms with Crippen LogP contribution < -0.4 is 4.74 Å². The van der Waals surface area contributed by atoms with Crippen LogP contribution in [0.15, 0.2) is 61.2 Å². The van der Waals surface area contributed by atoms with Gasteiger partial charge in [-0.3, -0.25) is 0 Å². The van der Waals surface area contributed by atoms with Crippen LogP contribution in [0, 0.1) is 0 Å². The molecular formula is C17H18O. The van der Waals surface area contributed by atoms with Gasteiger partial charge in [0.25, 0.3) is 0 Å². The molecule has 18 heavy (non-hydrogen) atoms. The third kappa shape index (κ3) is 2.80. The summed E-state index contributed by atoms with van der Waals surface area (Å²) in [5.74, 6) is 0.919. The number of ether oxygens (including phenoxy) is 1. The molecule has 92 valence electrons. The standard InChI is InChI=1S/C17H18O/c1-3-7-14-8-5-6-9-17(14)15-10-12-16(13-11-15)18-4-2/h3,5-6,8-13H,1,4,7H2,2H3. The maximum absolute atomic E-state index is 5.46. The monoisotopic (exact) mass is 238 g/mol. The maximum Gasteiger partial charge on any atom is 0.119 e. The van der Waals surface area contributed by atoms with E-state index in [4.69, 9.17) is 4.74 Å². The van der Waals surface area contributed by atoms with Gasteiger partial charge in [0.1, 0.15) is 5.75 Å². The Morgan fingerprint density at radius 2 is 1.78 bits per heavy atom. The highest BCUT2D eigenvalue weighted by atomic mass is 16.5. The summed E-state index contributed by atoms with van der Waals surface area (Å²) >= 11 is 0. The Morgan fingerprint density at radius 3 is 2.44 bits per heavy atom. The molecule has 0 saturated heterocycles. The van der Waals surface area contributed by atoms with E-state index in [1.807, 2.05) is 25.1 Å². The highest BCUT2D eigenvalue weighted by molar-refractivity contribution is 5.68. The predicted molar refractivity (Wildman–Crippen MR) is 76.9 cm³/mol. The van der Waals surface area contributed by atoms with Crippen LogP contribution in [-0.4, -0.2) is 6.61 Å². The summed E-state index contributed by atoms with van der Waals surface area (Å²) in [6.07, 6.45) is 2.83. The zero-order valence-corrected chi connectivity index (χ0v) is 10.7. The SMILES string of the molecule is C=CCc1ccccc1-c1ccc(OCC)cc1. The van der Waals surface area contributed by atoms with Gasteiger partial charge in [-0.2, -0.15) is 0 Å². The van der Waals surface area contributed by atoms with Gasteiger partial charge in [0, 0.05) is 0 Å². The summed E-state index contributed by atoms with van der Waals surface area (Å²) in [6, 6.07) is 16.7. The first kappa shape index (κ1) is 12.4. The molecule has 2 aromatic carbocycles. The molecule has 0 aliphatic carbocycles. The molecule has 0 aromatic heterocycles. The average Bonchev–Trinajstić information content (AvgIpc) is 2.41. The van der Waals surface area contributed by atoms with E-state index >= 15 is 0 Å². The van der Waals surface area contributed by atoms with Crippen molar-refractivity contribution in [3.05, 3.63) is 66.7 Å². The fourth-order valence-corrected chi connectivity index (χ4v) is 2.03. The smallest absolute Gasteiger partial charge is 0.119 e. The molecule has 2 rings (SSSR count). The van der Waals surface area contributed by atoms with Crippen molar-refractivity contribution in [1.29, 1.82) is 0 Å². The van der Waals surface area contributed by atoms with Crippen LogP contribution in [0.3, 0.4) is 0 Å². The van der Waals surface area contributed by atoms with Gasteiger partial charge < -0.3 is 4.74 Å². The van der Waals surface area contributed by atoms with Crippen LogP contribution >= 0.6 is 0 Å². The second-order valence-corrected chi connectivity index (χ2v) is 4.11. The van der Waals surface area contributed by atoms with Gasteiger partial charge in [0.2, 0.25) is 0 Å². The molecule has 0 bridgehead atoms. The Hall–Kier alpha value is -2.02. The second kappa shape index (κ2) is 6.06. The Bertz CT molecular complexity index is 511. The topological polar surface area (TPSA) is 9.23 Å². The summed E-state index contributed by atoms with van der Waals surface area (Å²) < 4.78 is 5.46. The van der Waals surface area contributed by atoms with Crippen LogP contribution in [0.2, 0.25) is 0 Å². The molecule has 0 saturated carbocycles. The van der Waals surface area contributed by atoms with Crippen molar-refractivity contribution in [2.24, 2.45) is 0 Å². The molecule has 0 atom stereocenters. The summed E-state index contributed by atoms with van der Waals surface area (Å²) in [5.41, 5.74) is 3.79. The number of benzene rings is 2. The molecule has 0 amide bonds. The van der Waals surface area contributed by atoms with E-state index in [0.717, 1.165) is 12.2 Å². The highest BCUT2D eigenvalue weighted by Crippen LogP contribution is 2.26. The molecule has 2 aromatic rings. The lowest BCUT2D eigenvalue weighted by molar-refractivity contribution is 0.340. The van der Waals surface area contributed by atoms with Gasteiger partial charge in [0.05, 0.1) is 6.61 Å². The van der Waals surface area contributed by atoms with Crippen molar-refractivity contribution in [1.82, 2.24) is 0 Å². The van der Waals surface area contributed by atoms with Gasteiger partial charge in [-0.1, -0.05) is 42.5 Å². The van der Waals surface area contributed by atoms with Crippen molar-refractivity contribution in [2.75, 3.05) is 6.61 Å². The van der Waals surface area contributed by atoms with Crippen LogP contribution in [-0.2, 0) is 6.42 Å². The van der Waals surface area contributed by atoms with Gasteiger partial charge >= 0.3 is 0 Å². The quantitative estimate of drug-likeness (QED) is 0.698. The van der Waals surface area contributed by atoms with Crippen molar-refractivity contribution in [3.63, 3.8) is 0 Å². The lowest BCUT2D eigenvalue weighted by Crippen LogP contribution is -1.91. The van der Waals surface area contributed by atoms with Crippen molar-refractivity contribution < 1.29 is 4.74 Å². The molecule has 0 fully saturated rings. The minimum atomic E-state index is 0.701. The van der Waals surface area contributed by atoms with Gasteiger partial charge in [-0.15, -0.1) is 6.58 Å². The summed E-state index contributed by atoms with van der Waals surface area (Å²) in [5, 5.41) is 0. The van der Waals surface area contributed by atoms with Crippen LogP contribution in [0.1, 0.15) is 12.5 Å². The first-order valence-corrected chi connectivity index (χ1v) is 6.27. The third-order valence-corrected chi connectivity index (χ3v) is 2.86. The highest BCUT2D eigenvalue weighted by Gasteiger charge is 2.03. The van der Waals surface area contributed by atoms with E-state index in [1.54, 1.807) is 0 Å². The maximum atomic E-state index is 5.46. The zero-order valence-electron chi connectivity index (χ0n) is 10.7. The number of hydrogen-bond donors (Lipinski definition) is 0. The van der Waals surface area contributed by atoms with E-state index in [9.17, 15) is 0 Å². The summed E-state index contributed by atoms with van der Waals surface area (Å²) in [6.45, 7) is 6.50. The number of rotatable bonds is 5. The molecule has 0 heterocycles. The zero-order chi connectivity index (χ0) is 12.8. The molecule has 0 radical (unpaired) electrons. The molecule has 0 N–H and O–H groups in total. The first-order valence-electron chi connectivity index (χ1n) is 6.27. The third-order valence-electron chi connectivity index (χ3n) is 2.86. The Morgan fingerprint density at radius 1 is 1.06 bits per heavy atom. The van der Waals surface area contributed by atoms with E-state index < -0.39 is 0 Å². The van der Waals surface area contributed by atoms with Gasteiger partial charge in [-0.25, -0.2) is 0 Å². The molecular weight excluding hydrogens is 220 g/mol. The Balaban J connectivity index is 2.33. The Kier molecular flexibility index (Phi) is 4.19. The molecule has 0 unspecified atom stereocenters. The summed E-state index contributed by atoms with van der Waals surface area (Å²) in [4.78, 5) is 0. The van der Waals surface area contributed by atoms with E-state index in [1.165, 1.54) is 16.7 Å². The van der Waals surface area contributed by atoms with Crippen LogP contribution in [0.25, 0.3) is 11.1 Å². The van der Waals surface area contributed by atoms with E-state index in [0.29, 0.717) is 6.61 Å². The lowest BCUT2D eigenvalue weighted by Gasteiger charge is -2.09. The van der Waals surface area contributed by atoms with Crippen LogP contribution in [0.5, 0.6) is 5.75 Å². The molecule has 1 heteroatoms. The second-order valence-electron chi connectivity index (χ2n) is 4.11.